The molecule has 7 heteroatoms. The highest BCUT2D eigenvalue weighted by Gasteiger charge is 2.49. The van der Waals surface area contributed by atoms with Gasteiger partial charge in [0.05, 0.1) is 19.3 Å². The van der Waals surface area contributed by atoms with Crippen molar-refractivity contribution >= 4 is 13.6 Å². The molecule has 0 spiro atoms. The zero-order valence-electron chi connectivity index (χ0n) is 14.0. The van der Waals surface area contributed by atoms with E-state index in [-0.39, 0.29) is 25.2 Å². The maximum Gasteiger partial charge on any atom is 0.337 e. The van der Waals surface area contributed by atoms with Crippen LogP contribution >= 0.6 is 7.60 Å². The molecule has 0 aromatic carbocycles. The van der Waals surface area contributed by atoms with E-state index < -0.39 is 25.3 Å². The maximum absolute atomic E-state index is 13.1. The first kappa shape index (κ1) is 19.6. The number of ether oxygens (including phenoxy) is 1. The van der Waals surface area contributed by atoms with Crippen LogP contribution in [0.15, 0.2) is 0 Å². The molecule has 0 saturated heterocycles. The molecule has 0 radical (unpaired) electrons. The normalized spacial score (nSPS) is 19.4. The molecule has 0 aliphatic heterocycles. The van der Waals surface area contributed by atoms with Crippen molar-refractivity contribution < 1.29 is 28.3 Å². The Balaban J connectivity index is 3.05. The Kier molecular flexibility index (Phi) is 8.04. The van der Waals surface area contributed by atoms with Gasteiger partial charge in [-0.1, -0.05) is 12.8 Å². The summed E-state index contributed by atoms with van der Waals surface area (Å²) in [7, 11) is -3.58. The molecule has 1 aliphatic rings. The highest BCUT2D eigenvalue weighted by molar-refractivity contribution is 7.54. The van der Waals surface area contributed by atoms with Crippen LogP contribution in [0.1, 0.15) is 53.4 Å². The Labute approximate surface area is 133 Å². The molecule has 1 aliphatic carbocycles. The fourth-order valence-corrected chi connectivity index (χ4v) is 5.42. The number of aliphatic hydroxyl groups is 1. The molecule has 0 unspecified atom stereocenters. The minimum atomic E-state index is -3.58. The summed E-state index contributed by atoms with van der Waals surface area (Å²) < 4.78 is 29.0. The fourth-order valence-electron chi connectivity index (χ4n) is 3.00. The van der Waals surface area contributed by atoms with E-state index in [0.29, 0.717) is 0 Å². The van der Waals surface area contributed by atoms with Crippen molar-refractivity contribution in [2.24, 2.45) is 5.92 Å². The molecule has 0 aromatic rings. The lowest BCUT2D eigenvalue weighted by Gasteiger charge is -2.33. The van der Waals surface area contributed by atoms with Gasteiger partial charge in [0.25, 0.3) is 0 Å². The molecule has 2 atom stereocenters. The zero-order valence-corrected chi connectivity index (χ0v) is 14.9. The van der Waals surface area contributed by atoms with E-state index >= 15 is 0 Å². The lowest BCUT2D eigenvalue weighted by atomic mass is 9.99. The third kappa shape index (κ3) is 5.05. The van der Waals surface area contributed by atoms with Crippen LogP contribution < -0.4 is 0 Å². The van der Waals surface area contributed by atoms with Gasteiger partial charge >= 0.3 is 13.6 Å². The molecule has 1 fully saturated rings. The van der Waals surface area contributed by atoms with Crippen molar-refractivity contribution in [1.29, 1.82) is 0 Å². The fraction of sp³-hybridized carbons (Fsp3) is 0.933. The van der Waals surface area contributed by atoms with Crippen LogP contribution in [0.5, 0.6) is 0 Å². The molecular weight excluding hydrogens is 307 g/mol. The van der Waals surface area contributed by atoms with Gasteiger partial charge < -0.3 is 18.9 Å². The number of carbonyl (C=O) groups is 1. The molecule has 1 rings (SSSR count). The topological polar surface area (TPSA) is 82.1 Å². The van der Waals surface area contributed by atoms with Crippen LogP contribution in [0.3, 0.4) is 0 Å². The number of hydrogen-bond acceptors (Lipinski definition) is 6. The monoisotopic (exact) mass is 336 g/mol. The van der Waals surface area contributed by atoms with Gasteiger partial charge in [0.15, 0.2) is 6.10 Å². The number of carbonyl (C=O) groups excluding carboxylic acids is 1. The van der Waals surface area contributed by atoms with E-state index in [9.17, 15) is 14.5 Å². The number of hydrogen-bond donors (Lipinski definition) is 1. The van der Waals surface area contributed by atoms with Gasteiger partial charge in [0, 0.05) is 0 Å². The zero-order chi connectivity index (χ0) is 16.8. The van der Waals surface area contributed by atoms with Crippen LogP contribution in [-0.2, 0) is 23.1 Å². The van der Waals surface area contributed by atoms with Gasteiger partial charge in [-0.15, -0.1) is 0 Å². The van der Waals surface area contributed by atoms with E-state index in [2.05, 4.69) is 0 Å². The third-order valence-corrected chi connectivity index (χ3v) is 6.45. The molecule has 1 N–H and O–H groups in total. The smallest absolute Gasteiger partial charge is 0.337 e. The van der Waals surface area contributed by atoms with Gasteiger partial charge in [-0.2, -0.15) is 0 Å². The van der Waals surface area contributed by atoms with Crippen molar-refractivity contribution in [3.8, 4) is 0 Å². The molecule has 1 saturated carbocycles. The second-order valence-electron chi connectivity index (χ2n) is 5.84. The predicted octanol–water partition coefficient (Wildman–Crippen LogP) is 3.12. The second kappa shape index (κ2) is 9.02. The molecule has 6 nitrogen and oxygen atoms in total. The number of rotatable bonds is 9. The molecular formula is C15H29O6P. The lowest BCUT2D eigenvalue weighted by Crippen LogP contribution is -2.41. The SMILES string of the molecule is CCOP(=O)(OCC)[C@H](C1CCCC1)[C@@H](O)C(=O)OC(C)C. The van der Waals surface area contributed by atoms with E-state index in [1.165, 1.54) is 0 Å². The highest BCUT2D eigenvalue weighted by Crippen LogP contribution is 2.59. The molecule has 130 valence electrons. The van der Waals surface area contributed by atoms with Gasteiger partial charge in [0.1, 0.15) is 5.66 Å². The largest absolute Gasteiger partial charge is 0.461 e. The summed E-state index contributed by atoms with van der Waals surface area (Å²) in [6.45, 7) is 7.25. The molecule has 22 heavy (non-hydrogen) atoms. The molecule has 0 heterocycles. The third-order valence-electron chi connectivity index (χ3n) is 3.78. The Morgan fingerprint density at radius 1 is 1.18 bits per heavy atom. The van der Waals surface area contributed by atoms with E-state index in [0.717, 1.165) is 25.7 Å². The summed E-state index contributed by atoms with van der Waals surface area (Å²) in [5.74, 6) is -0.815. The van der Waals surface area contributed by atoms with E-state index in [1.807, 2.05) is 0 Å². The average molecular weight is 336 g/mol. The van der Waals surface area contributed by atoms with Crippen molar-refractivity contribution in [2.75, 3.05) is 13.2 Å². The lowest BCUT2D eigenvalue weighted by molar-refractivity contribution is -0.158. The summed E-state index contributed by atoms with van der Waals surface area (Å²) >= 11 is 0. The quantitative estimate of drug-likeness (QED) is 0.514. The van der Waals surface area contributed by atoms with Gasteiger partial charge in [-0.3, -0.25) is 4.57 Å². The van der Waals surface area contributed by atoms with Crippen molar-refractivity contribution in [2.45, 2.75) is 71.2 Å². The number of esters is 1. The van der Waals surface area contributed by atoms with Crippen molar-refractivity contribution in [3.63, 3.8) is 0 Å². The first-order chi connectivity index (χ1) is 10.4. The predicted molar refractivity (Wildman–Crippen MR) is 83.8 cm³/mol. The van der Waals surface area contributed by atoms with E-state index in [1.54, 1.807) is 27.7 Å². The first-order valence-corrected chi connectivity index (χ1v) is 9.74. The maximum atomic E-state index is 13.1. The Bertz CT molecular complexity index is 381. The summed E-state index contributed by atoms with van der Waals surface area (Å²) in [5.41, 5.74) is -0.860. The van der Waals surface area contributed by atoms with E-state index in [4.69, 9.17) is 13.8 Å². The van der Waals surface area contributed by atoms with Crippen molar-refractivity contribution in [3.05, 3.63) is 0 Å². The van der Waals surface area contributed by atoms with Crippen LogP contribution in [0.25, 0.3) is 0 Å². The molecule has 0 amide bonds. The summed E-state index contributed by atoms with van der Waals surface area (Å²) in [4.78, 5) is 12.1. The standard InChI is InChI=1S/C15H29O6P/c1-5-19-22(18,20-6-2)14(12-9-7-8-10-12)13(16)15(17)21-11(3)4/h11-14,16H,5-10H2,1-4H3/t13-,14-/m1/s1. The van der Waals surface area contributed by atoms with Gasteiger partial charge in [-0.25, -0.2) is 4.79 Å². The van der Waals surface area contributed by atoms with Crippen molar-refractivity contribution in [1.82, 2.24) is 0 Å². The average Bonchev–Trinajstić information content (AvgIpc) is 2.92. The van der Waals surface area contributed by atoms with Crippen LogP contribution in [0.2, 0.25) is 0 Å². The van der Waals surface area contributed by atoms with Crippen LogP contribution in [-0.4, -0.2) is 42.2 Å². The summed E-state index contributed by atoms with van der Waals surface area (Å²) in [5, 5.41) is 10.5. The number of aliphatic hydroxyl groups excluding tert-OH is 1. The second-order valence-corrected chi connectivity index (χ2v) is 8.03. The Morgan fingerprint density at radius 2 is 1.68 bits per heavy atom. The molecule has 0 aromatic heterocycles. The van der Waals surface area contributed by atoms with Crippen LogP contribution in [0.4, 0.5) is 0 Å². The van der Waals surface area contributed by atoms with Gasteiger partial charge in [0.2, 0.25) is 0 Å². The highest BCUT2D eigenvalue weighted by atomic mass is 31.2. The summed E-state index contributed by atoms with van der Waals surface area (Å²) in [6, 6.07) is 0. The Hall–Kier alpha value is -0.420. The summed E-state index contributed by atoms with van der Waals surface area (Å²) in [6.07, 6.45) is 1.76. The Morgan fingerprint density at radius 3 is 2.09 bits per heavy atom. The van der Waals surface area contributed by atoms with Crippen LogP contribution in [0, 0.1) is 5.92 Å². The molecule has 0 bridgehead atoms. The minimum absolute atomic E-state index is 0.0568. The minimum Gasteiger partial charge on any atom is -0.461 e. The van der Waals surface area contributed by atoms with Gasteiger partial charge in [-0.05, 0) is 46.5 Å². The first-order valence-electron chi connectivity index (χ1n) is 8.13.